The van der Waals surface area contributed by atoms with Crippen molar-refractivity contribution in [2.75, 3.05) is 43.4 Å². The second-order valence-corrected chi connectivity index (χ2v) is 9.19. The number of rotatable bonds is 4. The SMILES string of the molecule is Cc1cc(Nc2ncc3c(=O)n(-c4ccccc4Cl)c(=O)n(C)c3n2)ccc1N1CCN(C)CC1. The second-order valence-electron chi connectivity index (χ2n) is 8.78. The molecule has 1 aliphatic heterocycles. The number of aromatic nitrogens is 4. The molecular formula is C25H26ClN7O2. The highest BCUT2D eigenvalue weighted by molar-refractivity contribution is 6.32. The van der Waals surface area contributed by atoms with Gasteiger partial charge in [0.05, 0.1) is 10.7 Å². The summed E-state index contributed by atoms with van der Waals surface area (Å²) >= 11 is 6.25. The zero-order chi connectivity index (χ0) is 24.7. The molecule has 35 heavy (non-hydrogen) atoms. The van der Waals surface area contributed by atoms with Crippen molar-refractivity contribution in [2.45, 2.75) is 6.92 Å². The number of hydrogen-bond acceptors (Lipinski definition) is 7. The van der Waals surface area contributed by atoms with Crippen LogP contribution in [0.3, 0.4) is 0 Å². The van der Waals surface area contributed by atoms with Crippen LogP contribution in [0.1, 0.15) is 5.56 Å². The third kappa shape index (κ3) is 4.28. The Hall–Kier alpha value is -3.69. The lowest BCUT2D eigenvalue weighted by molar-refractivity contribution is 0.312. The Labute approximate surface area is 207 Å². The lowest BCUT2D eigenvalue weighted by Gasteiger charge is -2.35. The molecule has 1 N–H and O–H groups in total. The van der Waals surface area contributed by atoms with Crippen LogP contribution in [0.25, 0.3) is 16.7 Å². The smallest absolute Gasteiger partial charge is 0.337 e. The number of para-hydroxylation sites is 1. The van der Waals surface area contributed by atoms with Crippen LogP contribution in [0.15, 0.2) is 58.3 Å². The van der Waals surface area contributed by atoms with Gasteiger partial charge in [-0.05, 0) is 49.9 Å². The van der Waals surface area contributed by atoms with Gasteiger partial charge >= 0.3 is 5.69 Å². The van der Waals surface area contributed by atoms with Crippen LogP contribution in [0.2, 0.25) is 5.02 Å². The Bertz CT molecular complexity index is 1540. The summed E-state index contributed by atoms with van der Waals surface area (Å²) in [6.45, 7) is 6.17. The van der Waals surface area contributed by atoms with E-state index in [9.17, 15) is 9.59 Å². The molecule has 5 rings (SSSR count). The first-order chi connectivity index (χ1) is 16.8. The molecule has 10 heteroatoms. The lowest BCUT2D eigenvalue weighted by atomic mass is 10.1. The largest absolute Gasteiger partial charge is 0.369 e. The fourth-order valence-electron chi connectivity index (χ4n) is 4.40. The van der Waals surface area contributed by atoms with Crippen molar-refractivity contribution in [1.29, 1.82) is 0 Å². The molecule has 2 aromatic carbocycles. The molecule has 0 radical (unpaired) electrons. The van der Waals surface area contributed by atoms with E-state index in [1.165, 1.54) is 16.5 Å². The van der Waals surface area contributed by atoms with Crippen molar-refractivity contribution in [3.05, 3.63) is 80.1 Å². The van der Waals surface area contributed by atoms with Crippen LogP contribution in [0.5, 0.6) is 0 Å². The summed E-state index contributed by atoms with van der Waals surface area (Å²) in [6, 6.07) is 12.9. The van der Waals surface area contributed by atoms with Gasteiger partial charge < -0.3 is 15.1 Å². The predicted molar refractivity (Wildman–Crippen MR) is 140 cm³/mol. The van der Waals surface area contributed by atoms with Crippen LogP contribution in [-0.2, 0) is 7.05 Å². The van der Waals surface area contributed by atoms with Gasteiger partial charge in [-0.15, -0.1) is 0 Å². The van der Waals surface area contributed by atoms with Crippen LogP contribution in [-0.4, -0.2) is 57.2 Å². The number of benzene rings is 2. The van der Waals surface area contributed by atoms with E-state index in [0.717, 1.165) is 42.0 Å². The molecule has 3 heterocycles. The summed E-state index contributed by atoms with van der Waals surface area (Å²) < 4.78 is 2.37. The lowest BCUT2D eigenvalue weighted by Crippen LogP contribution is -2.44. The number of piperazine rings is 1. The zero-order valence-corrected chi connectivity index (χ0v) is 20.6. The molecule has 4 aromatic rings. The van der Waals surface area contributed by atoms with Gasteiger partial charge in [-0.25, -0.2) is 14.3 Å². The molecule has 0 saturated carbocycles. The molecule has 9 nitrogen and oxygen atoms in total. The Kier molecular flexibility index (Phi) is 6.04. The second kappa shape index (κ2) is 9.16. The third-order valence-corrected chi connectivity index (χ3v) is 6.71. The Morgan fingerprint density at radius 1 is 0.971 bits per heavy atom. The van der Waals surface area contributed by atoms with E-state index in [-0.39, 0.29) is 11.0 Å². The molecule has 0 unspecified atom stereocenters. The number of likely N-dealkylation sites (N-methyl/N-ethyl adjacent to an activating group) is 1. The van der Waals surface area contributed by atoms with Gasteiger partial charge in [-0.2, -0.15) is 4.98 Å². The molecule has 0 aliphatic carbocycles. The minimum absolute atomic E-state index is 0.221. The summed E-state index contributed by atoms with van der Waals surface area (Å²) in [5.74, 6) is 0.300. The summed E-state index contributed by atoms with van der Waals surface area (Å²) in [5, 5.41) is 3.73. The molecule has 1 fully saturated rings. The van der Waals surface area contributed by atoms with E-state index in [0.29, 0.717) is 16.7 Å². The average molecular weight is 492 g/mol. The number of halogens is 1. The highest BCUT2D eigenvalue weighted by atomic mass is 35.5. The monoisotopic (exact) mass is 491 g/mol. The maximum Gasteiger partial charge on any atom is 0.337 e. The zero-order valence-electron chi connectivity index (χ0n) is 19.8. The molecule has 0 spiro atoms. The van der Waals surface area contributed by atoms with E-state index in [2.05, 4.69) is 51.2 Å². The summed E-state index contributed by atoms with van der Waals surface area (Å²) in [6.07, 6.45) is 1.44. The van der Waals surface area contributed by atoms with E-state index < -0.39 is 11.2 Å². The molecule has 0 atom stereocenters. The third-order valence-electron chi connectivity index (χ3n) is 6.39. The van der Waals surface area contributed by atoms with E-state index in [1.807, 2.05) is 6.07 Å². The average Bonchev–Trinajstić information content (AvgIpc) is 2.85. The normalized spacial score (nSPS) is 14.5. The van der Waals surface area contributed by atoms with Gasteiger partial charge in [-0.1, -0.05) is 23.7 Å². The number of nitrogens with one attached hydrogen (secondary N) is 1. The van der Waals surface area contributed by atoms with Crippen molar-refractivity contribution in [3.8, 4) is 5.69 Å². The van der Waals surface area contributed by atoms with Crippen LogP contribution in [0.4, 0.5) is 17.3 Å². The van der Waals surface area contributed by atoms with Gasteiger partial charge in [0.1, 0.15) is 5.39 Å². The number of hydrogen-bond donors (Lipinski definition) is 1. The molecular weight excluding hydrogens is 466 g/mol. The minimum atomic E-state index is -0.535. The highest BCUT2D eigenvalue weighted by Crippen LogP contribution is 2.26. The summed E-state index contributed by atoms with van der Waals surface area (Å²) in [5.41, 5.74) is 2.70. The Balaban J connectivity index is 1.48. The van der Waals surface area contributed by atoms with Crippen molar-refractivity contribution >= 4 is 40.0 Å². The van der Waals surface area contributed by atoms with Crippen molar-refractivity contribution in [1.82, 2.24) is 24.0 Å². The minimum Gasteiger partial charge on any atom is -0.369 e. The predicted octanol–water partition coefficient (Wildman–Crippen LogP) is 2.94. The fourth-order valence-corrected chi connectivity index (χ4v) is 4.62. The summed E-state index contributed by atoms with van der Waals surface area (Å²) in [4.78, 5) is 39.8. The standard InChI is InChI=1S/C25H26ClN7O2/c1-16-14-17(8-9-20(16)32-12-10-30(2)11-13-32)28-24-27-15-18-22(29-24)31(3)25(35)33(23(18)34)21-7-5-4-6-19(21)26/h4-9,14-15H,10-13H2,1-3H3,(H,27,28,29). The Morgan fingerprint density at radius 2 is 1.71 bits per heavy atom. The molecule has 1 aliphatic rings. The van der Waals surface area contributed by atoms with Gasteiger partial charge in [0.25, 0.3) is 5.56 Å². The number of fused-ring (bicyclic) bond motifs is 1. The Morgan fingerprint density at radius 3 is 2.43 bits per heavy atom. The first-order valence-corrected chi connectivity index (χ1v) is 11.8. The molecule has 1 saturated heterocycles. The quantitative estimate of drug-likeness (QED) is 0.469. The van der Waals surface area contributed by atoms with Crippen molar-refractivity contribution < 1.29 is 0 Å². The first kappa shape index (κ1) is 23.1. The number of anilines is 3. The topological polar surface area (TPSA) is 88.3 Å². The van der Waals surface area contributed by atoms with Crippen LogP contribution in [0, 0.1) is 6.92 Å². The number of nitrogens with zero attached hydrogens (tertiary/aromatic N) is 6. The van der Waals surface area contributed by atoms with Gasteiger partial charge in [0.15, 0.2) is 5.65 Å². The molecule has 180 valence electrons. The summed E-state index contributed by atoms with van der Waals surface area (Å²) in [7, 11) is 3.71. The molecule has 2 aromatic heterocycles. The maximum atomic E-state index is 13.2. The van der Waals surface area contributed by atoms with Gasteiger partial charge in [-0.3, -0.25) is 9.36 Å². The first-order valence-electron chi connectivity index (χ1n) is 11.4. The maximum absolute atomic E-state index is 13.2. The highest BCUT2D eigenvalue weighted by Gasteiger charge is 2.18. The van der Waals surface area contributed by atoms with Crippen LogP contribution < -0.4 is 21.5 Å². The number of aryl methyl sites for hydroxylation is 2. The molecule has 0 amide bonds. The fraction of sp³-hybridized carbons (Fsp3) is 0.280. The van der Waals surface area contributed by atoms with E-state index in [1.54, 1.807) is 31.3 Å². The van der Waals surface area contributed by atoms with Gasteiger partial charge in [0.2, 0.25) is 5.95 Å². The van der Waals surface area contributed by atoms with Crippen molar-refractivity contribution in [3.63, 3.8) is 0 Å². The van der Waals surface area contributed by atoms with Crippen molar-refractivity contribution in [2.24, 2.45) is 7.05 Å². The van der Waals surface area contributed by atoms with Crippen LogP contribution >= 0.6 is 11.6 Å². The molecule has 0 bridgehead atoms. The van der Waals surface area contributed by atoms with E-state index in [4.69, 9.17) is 11.6 Å². The van der Waals surface area contributed by atoms with Gasteiger partial charge in [0, 0.05) is 50.8 Å². The van der Waals surface area contributed by atoms with E-state index >= 15 is 0 Å².